The Morgan fingerprint density at radius 2 is 1.70 bits per heavy atom. The summed E-state index contributed by atoms with van der Waals surface area (Å²) in [6.45, 7) is 2.86. The van der Waals surface area contributed by atoms with E-state index in [1.165, 1.54) is 44.9 Å². The van der Waals surface area contributed by atoms with Gasteiger partial charge in [0.1, 0.15) is 0 Å². The highest BCUT2D eigenvalue weighted by Crippen LogP contribution is 2.39. The average molecular weight is 282 g/mol. The van der Waals surface area contributed by atoms with E-state index in [0.717, 1.165) is 25.7 Å². The van der Waals surface area contributed by atoms with Gasteiger partial charge in [0, 0.05) is 0 Å². The number of carbonyl (C=O) groups is 1. The molecule has 0 aromatic carbocycles. The Morgan fingerprint density at radius 3 is 2.40 bits per heavy atom. The highest BCUT2D eigenvalue weighted by atomic mass is 16.6. The highest BCUT2D eigenvalue weighted by Gasteiger charge is 2.46. The van der Waals surface area contributed by atoms with E-state index in [1.807, 2.05) is 0 Å². The molecule has 3 atom stereocenters. The van der Waals surface area contributed by atoms with Gasteiger partial charge in [0.25, 0.3) is 0 Å². The molecule has 1 heterocycles. The van der Waals surface area contributed by atoms with Crippen LogP contribution in [0.3, 0.4) is 0 Å². The van der Waals surface area contributed by atoms with E-state index in [0.29, 0.717) is 18.8 Å². The van der Waals surface area contributed by atoms with Crippen molar-refractivity contribution in [1.29, 1.82) is 0 Å². The zero-order chi connectivity index (χ0) is 14.2. The number of unbranched alkanes of at least 4 members (excludes halogenated alkanes) is 7. The lowest BCUT2D eigenvalue weighted by Gasteiger charge is -2.17. The molecule has 116 valence electrons. The van der Waals surface area contributed by atoms with Gasteiger partial charge in [-0.1, -0.05) is 51.9 Å². The van der Waals surface area contributed by atoms with Crippen LogP contribution in [0.25, 0.3) is 0 Å². The van der Waals surface area contributed by atoms with Gasteiger partial charge < -0.3 is 9.47 Å². The van der Waals surface area contributed by atoms with Crippen molar-refractivity contribution in [2.75, 3.05) is 6.61 Å². The number of rotatable bonds is 10. The zero-order valence-electron chi connectivity index (χ0n) is 12.9. The van der Waals surface area contributed by atoms with Crippen LogP contribution in [0.15, 0.2) is 0 Å². The van der Waals surface area contributed by atoms with Crippen molar-refractivity contribution in [3.8, 4) is 0 Å². The molecule has 0 amide bonds. The molecule has 20 heavy (non-hydrogen) atoms. The second-order valence-corrected chi connectivity index (χ2v) is 6.37. The molecule has 0 radical (unpaired) electrons. The highest BCUT2D eigenvalue weighted by molar-refractivity contribution is 5.72. The second-order valence-electron chi connectivity index (χ2n) is 6.37. The summed E-state index contributed by atoms with van der Waals surface area (Å²) in [5.74, 6) is 0.120. The third kappa shape index (κ3) is 5.43. The quantitative estimate of drug-likeness (QED) is 0.342. The SMILES string of the molecule is CCCCCCCCCCOC(=O)C1CCC2OC2C1. The molecule has 1 aliphatic heterocycles. The summed E-state index contributed by atoms with van der Waals surface area (Å²) in [5, 5.41) is 0. The van der Waals surface area contributed by atoms with Crippen molar-refractivity contribution in [1.82, 2.24) is 0 Å². The normalized spacial score (nSPS) is 27.9. The molecule has 1 saturated carbocycles. The van der Waals surface area contributed by atoms with Gasteiger partial charge in [-0.2, -0.15) is 0 Å². The summed E-state index contributed by atoms with van der Waals surface area (Å²) in [7, 11) is 0. The van der Waals surface area contributed by atoms with Crippen molar-refractivity contribution in [3.63, 3.8) is 0 Å². The van der Waals surface area contributed by atoms with Crippen LogP contribution in [0.2, 0.25) is 0 Å². The Kier molecular flexibility index (Phi) is 6.85. The molecule has 1 saturated heterocycles. The number of carbonyl (C=O) groups excluding carboxylic acids is 1. The first-order chi connectivity index (χ1) is 9.81. The predicted octanol–water partition coefficient (Wildman–Crippen LogP) is 4.24. The van der Waals surface area contributed by atoms with Crippen molar-refractivity contribution >= 4 is 5.97 Å². The van der Waals surface area contributed by atoms with Crippen molar-refractivity contribution < 1.29 is 14.3 Å². The Balaban J connectivity index is 1.40. The Labute approximate surface area is 123 Å². The molecular formula is C17H30O3. The molecule has 3 heteroatoms. The Morgan fingerprint density at radius 1 is 1.00 bits per heavy atom. The van der Waals surface area contributed by atoms with Crippen LogP contribution in [0.4, 0.5) is 0 Å². The Bertz CT molecular complexity index is 290. The van der Waals surface area contributed by atoms with Crippen molar-refractivity contribution in [3.05, 3.63) is 0 Å². The van der Waals surface area contributed by atoms with Gasteiger partial charge in [0.15, 0.2) is 0 Å². The summed E-state index contributed by atoms with van der Waals surface area (Å²) in [6, 6.07) is 0. The summed E-state index contributed by atoms with van der Waals surface area (Å²) >= 11 is 0. The number of esters is 1. The molecule has 3 nitrogen and oxygen atoms in total. The van der Waals surface area contributed by atoms with E-state index >= 15 is 0 Å². The first-order valence-electron chi connectivity index (χ1n) is 8.63. The lowest BCUT2D eigenvalue weighted by molar-refractivity contribution is -0.149. The van der Waals surface area contributed by atoms with Crippen molar-refractivity contribution in [2.24, 2.45) is 5.92 Å². The van der Waals surface area contributed by atoms with Gasteiger partial charge in [-0.3, -0.25) is 4.79 Å². The molecule has 2 aliphatic rings. The van der Waals surface area contributed by atoms with Crippen molar-refractivity contribution in [2.45, 2.75) is 89.8 Å². The fourth-order valence-corrected chi connectivity index (χ4v) is 3.14. The first kappa shape index (κ1) is 15.8. The van der Waals surface area contributed by atoms with Crippen LogP contribution < -0.4 is 0 Å². The fourth-order valence-electron chi connectivity index (χ4n) is 3.14. The largest absolute Gasteiger partial charge is 0.465 e. The summed E-state index contributed by atoms with van der Waals surface area (Å²) in [4.78, 5) is 11.9. The van der Waals surface area contributed by atoms with Crippen LogP contribution in [0.1, 0.15) is 77.6 Å². The third-order valence-corrected chi connectivity index (χ3v) is 4.58. The number of epoxide rings is 1. The summed E-state index contributed by atoms with van der Waals surface area (Å²) in [6.07, 6.45) is 14.0. The summed E-state index contributed by atoms with van der Waals surface area (Å²) in [5.41, 5.74) is 0. The second kappa shape index (κ2) is 8.66. The molecule has 0 aromatic rings. The molecule has 1 aliphatic carbocycles. The van der Waals surface area contributed by atoms with Gasteiger partial charge in [-0.25, -0.2) is 0 Å². The van der Waals surface area contributed by atoms with E-state index in [-0.39, 0.29) is 11.9 Å². The van der Waals surface area contributed by atoms with E-state index in [9.17, 15) is 4.79 Å². The molecule has 3 unspecified atom stereocenters. The maximum Gasteiger partial charge on any atom is 0.309 e. The van der Waals surface area contributed by atoms with Gasteiger partial charge in [0.05, 0.1) is 24.7 Å². The molecule has 0 spiro atoms. The average Bonchev–Trinajstić information content (AvgIpc) is 3.23. The number of hydrogen-bond donors (Lipinski definition) is 0. The zero-order valence-corrected chi connectivity index (χ0v) is 12.9. The minimum Gasteiger partial charge on any atom is -0.465 e. The minimum absolute atomic E-state index is 0.0156. The van der Waals surface area contributed by atoms with E-state index in [1.54, 1.807) is 0 Å². The van der Waals surface area contributed by atoms with Crippen LogP contribution in [0.5, 0.6) is 0 Å². The van der Waals surface area contributed by atoms with Gasteiger partial charge in [0.2, 0.25) is 0 Å². The lowest BCUT2D eigenvalue weighted by atomic mass is 9.89. The lowest BCUT2D eigenvalue weighted by Crippen LogP contribution is -2.24. The van der Waals surface area contributed by atoms with E-state index < -0.39 is 0 Å². The summed E-state index contributed by atoms with van der Waals surface area (Å²) < 4.78 is 10.8. The minimum atomic E-state index is 0.0156. The molecular weight excluding hydrogens is 252 g/mol. The first-order valence-corrected chi connectivity index (χ1v) is 8.63. The van der Waals surface area contributed by atoms with E-state index in [4.69, 9.17) is 9.47 Å². The van der Waals surface area contributed by atoms with Crippen LogP contribution in [-0.2, 0) is 14.3 Å². The monoisotopic (exact) mass is 282 g/mol. The van der Waals surface area contributed by atoms with Gasteiger partial charge in [-0.15, -0.1) is 0 Å². The smallest absolute Gasteiger partial charge is 0.309 e. The number of hydrogen-bond acceptors (Lipinski definition) is 3. The molecule has 0 N–H and O–H groups in total. The Hall–Kier alpha value is -0.570. The number of fused-ring (bicyclic) bond motifs is 1. The van der Waals surface area contributed by atoms with Crippen LogP contribution >= 0.6 is 0 Å². The van der Waals surface area contributed by atoms with Gasteiger partial charge in [-0.05, 0) is 25.7 Å². The van der Waals surface area contributed by atoms with E-state index in [2.05, 4.69) is 6.92 Å². The molecule has 2 fully saturated rings. The van der Waals surface area contributed by atoms with Crippen LogP contribution in [-0.4, -0.2) is 24.8 Å². The van der Waals surface area contributed by atoms with Crippen LogP contribution in [0, 0.1) is 5.92 Å². The molecule has 0 aromatic heterocycles. The maximum atomic E-state index is 11.9. The molecule has 2 rings (SSSR count). The topological polar surface area (TPSA) is 38.8 Å². The predicted molar refractivity (Wildman–Crippen MR) is 79.6 cm³/mol. The third-order valence-electron chi connectivity index (χ3n) is 4.58. The number of ether oxygens (including phenoxy) is 2. The standard InChI is InChI=1S/C17H30O3/c1-2-3-4-5-6-7-8-9-12-19-17(18)14-10-11-15-16(13-14)20-15/h14-16H,2-13H2,1H3. The molecule has 0 bridgehead atoms. The maximum absolute atomic E-state index is 11.9. The van der Waals surface area contributed by atoms with Gasteiger partial charge >= 0.3 is 5.97 Å². The fraction of sp³-hybridized carbons (Fsp3) is 0.941.